The Balaban J connectivity index is 1.57. The van der Waals surface area contributed by atoms with Crippen LogP contribution in [-0.4, -0.2) is 73.1 Å². The molecule has 3 fully saturated rings. The lowest BCUT2D eigenvalue weighted by Crippen LogP contribution is -2.77. The Morgan fingerprint density at radius 1 is 1.19 bits per heavy atom. The summed E-state index contributed by atoms with van der Waals surface area (Å²) in [5, 5.41) is 14.1. The highest BCUT2D eigenvalue weighted by atomic mass is 19.1. The first-order valence-electron chi connectivity index (χ1n) is 9.75. The molecular weight excluding hydrogens is 420 g/mol. The van der Waals surface area contributed by atoms with Crippen LogP contribution in [0.4, 0.5) is 19.3 Å². The van der Waals surface area contributed by atoms with Crippen molar-refractivity contribution in [2.24, 2.45) is 0 Å². The maximum absolute atomic E-state index is 13.8. The van der Waals surface area contributed by atoms with Gasteiger partial charge in [0.15, 0.2) is 17.5 Å². The van der Waals surface area contributed by atoms with Crippen molar-refractivity contribution in [2.45, 2.75) is 55.8 Å². The Hall–Kier alpha value is -1.89. The van der Waals surface area contributed by atoms with Gasteiger partial charge in [0.1, 0.15) is 29.9 Å². The number of carbonyl (C=O) groups is 1. The molecule has 9 nitrogen and oxygen atoms in total. The van der Waals surface area contributed by atoms with Crippen molar-refractivity contribution in [3.63, 3.8) is 0 Å². The molecule has 2 N–H and O–H groups in total. The molecule has 0 bridgehead atoms. The number of rotatable bonds is 4. The van der Waals surface area contributed by atoms with Crippen molar-refractivity contribution in [2.75, 3.05) is 32.2 Å². The van der Waals surface area contributed by atoms with Crippen molar-refractivity contribution >= 4 is 11.8 Å². The summed E-state index contributed by atoms with van der Waals surface area (Å²) in [4.78, 5) is 12.4. The molecule has 0 radical (unpaired) electrons. The summed E-state index contributed by atoms with van der Waals surface area (Å²) in [5.74, 6) is -4.41. The first-order chi connectivity index (χ1) is 14.5. The lowest BCUT2D eigenvalue weighted by Gasteiger charge is -2.53. The Morgan fingerprint density at radius 2 is 1.90 bits per heavy atom. The molecule has 3 aliphatic rings. The number of aliphatic hydroxyl groups is 1. The molecule has 1 unspecified atom stereocenters. The zero-order chi connectivity index (χ0) is 22.7. The van der Waals surface area contributed by atoms with Crippen LogP contribution in [0.3, 0.4) is 0 Å². The highest BCUT2D eigenvalue weighted by molar-refractivity contribution is 5.84. The fourth-order valence-electron chi connectivity index (χ4n) is 4.20. The lowest BCUT2D eigenvalue weighted by atomic mass is 9.73. The SMILES string of the molecule is CO[C@@H]1[C@H](OC(=O)Nc2ccc(F)cc2F)CO[C@]2(COC(C)(C)O2)[C@@]1(O)C1(C)CO1. The van der Waals surface area contributed by atoms with E-state index in [1.807, 2.05) is 0 Å². The minimum Gasteiger partial charge on any atom is -0.441 e. The lowest BCUT2D eigenvalue weighted by molar-refractivity contribution is -0.391. The van der Waals surface area contributed by atoms with Crippen molar-refractivity contribution in [3.8, 4) is 0 Å². The van der Waals surface area contributed by atoms with Gasteiger partial charge >= 0.3 is 6.09 Å². The second kappa shape index (κ2) is 7.32. The van der Waals surface area contributed by atoms with Gasteiger partial charge in [-0.2, -0.15) is 0 Å². The topological polar surface area (TPSA) is 108 Å². The van der Waals surface area contributed by atoms with E-state index in [9.17, 15) is 18.7 Å². The average molecular weight is 445 g/mol. The summed E-state index contributed by atoms with van der Waals surface area (Å²) in [7, 11) is 1.34. The third kappa shape index (κ3) is 3.59. The average Bonchev–Trinajstić information content (AvgIpc) is 3.36. The quantitative estimate of drug-likeness (QED) is 0.677. The molecule has 3 aliphatic heterocycles. The highest BCUT2D eigenvalue weighted by Crippen LogP contribution is 2.55. The second-order valence-corrected chi connectivity index (χ2v) is 8.49. The van der Waals surface area contributed by atoms with E-state index >= 15 is 0 Å². The molecule has 4 rings (SSSR count). The van der Waals surface area contributed by atoms with Gasteiger partial charge < -0.3 is 33.5 Å². The van der Waals surface area contributed by atoms with Crippen LogP contribution in [0.2, 0.25) is 0 Å². The van der Waals surface area contributed by atoms with Gasteiger partial charge in [0, 0.05) is 13.2 Å². The van der Waals surface area contributed by atoms with Gasteiger partial charge in [0.25, 0.3) is 0 Å². The van der Waals surface area contributed by atoms with Crippen LogP contribution in [0.15, 0.2) is 18.2 Å². The molecule has 0 aromatic heterocycles. The third-order valence-corrected chi connectivity index (χ3v) is 5.90. The summed E-state index contributed by atoms with van der Waals surface area (Å²) < 4.78 is 60.9. The van der Waals surface area contributed by atoms with Gasteiger partial charge in [-0.1, -0.05) is 0 Å². The minimum atomic E-state index is -1.91. The number of amides is 1. The number of hydrogen-bond donors (Lipinski definition) is 2. The number of hydrogen-bond acceptors (Lipinski definition) is 8. The molecule has 1 aromatic carbocycles. The summed E-state index contributed by atoms with van der Waals surface area (Å²) in [5.41, 5.74) is -3.29. The summed E-state index contributed by atoms with van der Waals surface area (Å²) in [6.07, 6.45) is -3.27. The van der Waals surface area contributed by atoms with Gasteiger partial charge in [-0.05, 0) is 32.9 Å². The van der Waals surface area contributed by atoms with Crippen LogP contribution in [0, 0.1) is 11.6 Å². The molecule has 1 amide bonds. The van der Waals surface area contributed by atoms with E-state index < -0.39 is 52.7 Å². The fourth-order valence-corrected chi connectivity index (χ4v) is 4.20. The number of ether oxygens (including phenoxy) is 6. The van der Waals surface area contributed by atoms with Crippen LogP contribution >= 0.6 is 0 Å². The van der Waals surface area contributed by atoms with Gasteiger partial charge in [-0.25, -0.2) is 13.6 Å². The molecule has 5 atom stereocenters. The van der Waals surface area contributed by atoms with Crippen LogP contribution in [0.1, 0.15) is 20.8 Å². The van der Waals surface area contributed by atoms with E-state index in [0.717, 1.165) is 12.1 Å². The molecule has 31 heavy (non-hydrogen) atoms. The molecule has 3 heterocycles. The van der Waals surface area contributed by atoms with Crippen LogP contribution in [0.25, 0.3) is 0 Å². The number of epoxide rings is 1. The smallest absolute Gasteiger partial charge is 0.412 e. The van der Waals surface area contributed by atoms with E-state index in [2.05, 4.69) is 5.32 Å². The predicted octanol–water partition coefficient (Wildman–Crippen LogP) is 1.93. The number of benzene rings is 1. The Labute approximate surface area is 177 Å². The standard InChI is InChI=1S/C20H25F2NO8/c1-17(2)28-10-19(31-17)20(25,18(3)9-29-18)15(26-4)14(8-27-19)30-16(24)23-13-6-5-11(21)7-12(13)22/h5-7,14-15,25H,8-10H2,1-4H3,(H,23,24)/t14-,15-,18?,19+,20+/m1/s1. The van der Waals surface area contributed by atoms with Crippen LogP contribution in [-0.2, 0) is 28.4 Å². The maximum atomic E-state index is 13.8. The molecule has 0 saturated carbocycles. The first kappa shape index (κ1) is 22.3. The zero-order valence-electron chi connectivity index (χ0n) is 17.6. The summed E-state index contributed by atoms with van der Waals surface area (Å²) in [6.45, 7) is 4.91. The van der Waals surface area contributed by atoms with Gasteiger partial charge in [0.2, 0.25) is 5.79 Å². The van der Waals surface area contributed by atoms with Gasteiger partial charge in [-0.15, -0.1) is 0 Å². The molecule has 3 saturated heterocycles. The zero-order valence-corrected chi connectivity index (χ0v) is 17.6. The molecule has 1 aromatic rings. The fraction of sp³-hybridized carbons (Fsp3) is 0.650. The number of halogens is 2. The van der Waals surface area contributed by atoms with E-state index in [-0.39, 0.29) is 25.5 Å². The third-order valence-electron chi connectivity index (χ3n) is 5.90. The number of carbonyl (C=O) groups excluding carboxylic acids is 1. The van der Waals surface area contributed by atoms with Gasteiger partial charge in [-0.3, -0.25) is 5.32 Å². The molecule has 1 spiro atoms. The number of nitrogens with one attached hydrogen (secondary N) is 1. The molecule has 11 heteroatoms. The van der Waals surface area contributed by atoms with E-state index in [4.69, 9.17) is 28.4 Å². The Kier molecular flexibility index (Phi) is 5.27. The summed E-state index contributed by atoms with van der Waals surface area (Å²) >= 11 is 0. The number of methoxy groups -OCH3 is 1. The summed E-state index contributed by atoms with van der Waals surface area (Å²) in [6, 6.07) is 2.69. The van der Waals surface area contributed by atoms with Gasteiger partial charge in [0.05, 0.1) is 18.9 Å². The van der Waals surface area contributed by atoms with E-state index in [1.54, 1.807) is 20.8 Å². The van der Waals surface area contributed by atoms with E-state index in [0.29, 0.717) is 6.07 Å². The highest BCUT2D eigenvalue weighted by Gasteiger charge is 2.78. The second-order valence-electron chi connectivity index (χ2n) is 8.49. The Morgan fingerprint density at radius 3 is 2.45 bits per heavy atom. The van der Waals surface area contributed by atoms with Crippen molar-refractivity contribution in [1.82, 2.24) is 0 Å². The minimum absolute atomic E-state index is 0.102. The molecular formula is C20H25F2NO8. The molecule has 0 aliphatic carbocycles. The molecule has 172 valence electrons. The van der Waals surface area contributed by atoms with Crippen LogP contribution in [0.5, 0.6) is 0 Å². The van der Waals surface area contributed by atoms with Crippen molar-refractivity contribution in [1.29, 1.82) is 0 Å². The van der Waals surface area contributed by atoms with Crippen LogP contribution < -0.4 is 5.32 Å². The predicted molar refractivity (Wildman–Crippen MR) is 100 cm³/mol. The van der Waals surface area contributed by atoms with E-state index in [1.165, 1.54) is 7.11 Å². The largest absolute Gasteiger partial charge is 0.441 e. The Bertz CT molecular complexity index is 879. The maximum Gasteiger partial charge on any atom is 0.412 e. The van der Waals surface area contributed by atoms with Crippen molar-refractivity contribution < 1.29 is 47.1 Å². The first-order valence-corrected chi connectivity index (χ1v) is 9.75. The monoisotopic (exact) mass is 445 g/mol. The normalized spacial score (nSPS) is 38.8. The van der Waals surface area contributed by atoms with Crippen molar-refractivity contribution in [3.05, 3.63) is 29.8 Å². The number of anilines is 1.